The molecule has 0 aliphatic rings. The van der Waals surface area contributed by atoms with Crippen LogP contribution in [0.1, 0.15) is 31.9 Å². The monoisotopic (exact) mass is 192 g/mol. The van der Waals surface area contributed by atoms with Crippen LogP contribution in [-0.2, 0) is 4.79 Å². The first-order valence-electron chi connectivity index (χ1n) is 4.76. The van der Waals surface area contributed by atoms with Crippen LogP contribution in [0.4, 0.5) is 5.69 Å². The molecule has 0 aliphatic heterocycles. The minimum atomic E-state index is -0.0628. The van der Waals surface area contributed by atoms with Crippen LogP contribution in [0, 0.1) is 0 Å². The number of hydrogen-bond acceptors (Lipinski definition) is 2. The maximum Gasteiger partial charge on any atom is 0.221 e. The number of carbonyl (C=O) groups excluding carboxylic acids is 1. The van der Waals surface area contributed by atoms with Crippen LogP contribution in [0.5, 0.6) is 0 Å². The van der Waals surface area contributed by atoms with Crippen molar-refractivity contribution in [2.75, 3.05) is 5.32 Å². The van der Waals surface area contributed by atoms with Gasteiger partial charge in [-0.1, -0.05) is 19.1 Å². The van der Waals surface area contributed by atoms with Crippen molar-refractivity contribution in [1.82, 2.24) is 0 Å². The minimum Gasteiger partial charge on any atom is -0.326 e. The largest absolute Gasteiger partial charge is 0.326 e. The first-order valence-corrected chi connectivity index (χ1v) is 4.76. The SMILES string of the molecule is CC[C@H](N)c1cccc(NC(C)=O)c1. The van der Waals surface area contributed by atoms with E-state index in [2.05, 4.69) is 5.32 Å². The van der Waals surface area contributed by atoms with Gasteiger partial charge in [-0.2, -0.15) is 0 Å². The molecule has 76 valence electrons. The molecule has 3 N–H and O–H groups in total. The molecule has 0 aromatic heterocycles. The highest BCUT2D eigenvalue weighted by Gasteiger charge is 2.03. The van der Waals surface area contributed by atoms with Gasteiger partial charge in [-0.15, -0.1) is 0 Å². The molecule has 0 bridgehead atoms. The molecule has 0 unspecified atom stereocenters. The van der Waals surface area contributed by atoms with Crippen LogP contribution in [0.25, 0.3) is 0 Å². The average Bonchev–Trinajstić information content (AvgIpc) is 2.16. The fourth-order valence-electron chi connectivity index (χ4n) is 1.29. The minimum absolute atomic E-state index is 0.0451. The summed E-state index contributed by atoms with van der Waals surface area (Å²) in [6, 6.07) is 7.68. The van der Waals surface area contributed by atoms with Gasteiger partial charge in [0.05, 0.1) is 0 Å². The Hall–Kier alpha value is -1.35. The van der Waals surface area contributed by atoms with E-state index in [0.29, 0.717) is 0 Å². The summed E-state index contributed by atoms with van der Waals surface area (Å²) < 4.78 is 0. The van der Waals surface area contributed by atoms with E-state index in [9.17, 15) is 4.79 Å². The molecule has 1 rings (SSSR count). The Labute approximate surface area is 84.3 Å². The van der Waals surface area contributed by atoms with Gasteiger partial charge < -0.3 is 11.1 Å². The van der Waals surface area contributed by atoms with Crippen molar-refractivity contribution in [1.29, 1.82) is 0 Å². The van der Waals surface area contributed by atoms with E-state index in [1.54, 1.807) is 0 Å². The van der Waals surface area contributed by atoms with E-state index in [0.717, 1.165) is 17.7 Å². The Morgan fingerprint density at radius 2 is 2.29 bits per heavy atom. The van der Waals surface area contributed by atoms with Gasteiger partial charge in [-0.3, -0.25) is 4.79 Å². The lowest BCUT2D eigenvalue weighted by Gasteiger charge is -2.10. The van der Waals surface area contributed by atoms with Crippen LogP contribution in [0.2, 0.25) is 0 Å². The fraction of sp³-hybridized carbons (Fsp3) is 0.364. The molecule has 3 nitrogen and oxygen atoms in total. The quantitative estimate of drug-likeness (QED) is 0.770. The molecule has 1 aromatic carbocycles. The van der Waals surface area contributed by atoms with Crippen LogP contribution >= 0.6 is 0 Å². The number of anilines is 1. The van der Waals surface area contributed by atoms with Gasteiger partial charge in [-0.25, -0.2) is 0 Å². The summed E-state index contributed by atoms with van der Waals surface area (Å²) in [6.45, 7) is 3.53. The van der Waals surface area contributed by atoms with Gasteiger partial charge in [0.2, 0.25) is 5.91 Å². The maximum absolute atomic E-state index is 10.8. The van der Waals surface area contributed by atoms with Gasteiger partial charge >= 0.3 is 0 Å². The normalized spacial score (nSPS) is 12.2. The predicted octanol–water partition coefficient (Wildman–Crippen LogP) is 2.05. The van der Waals surface area contributed by atoms with Gasteiger partial charge in [-0.05, 0) is 24.1 Å². The molecule has 1 aromatic rings. The number of carbonyl (C=O) groups is 1. The Bertz CT molecular complexity index is 323. The van der Waals surface area contributed by atoms with E-state index >= 15 is 0 Å². The summed E-state index contributed by atoms with van der Waals surface area (Å²) in [5.41, 5.74) is 7.74. The molecule has 1 atom stereocenters. The second-order valence-electron chi connectivity index (χ2n) is 3.32. The third-order valence-corrected chi connectivity index (χ3v) is 2.07. The van der Waals surface area contributed by atoms with Gasteiger partial charge in [0.1, 0.15) is 0 Å². The van der Waals surface area contributed by atoms with Crippen molar-refractivity contribution in [3.63, 3.8) is 0 Å². The van der Waals surface area contributed by atoms with Gasteiger partial charge in [0, 0.05) is 18.7 Å². The van der Waals surface area contributed by atoms with Crippen molar-refractivity contribution in [2.24, 2.45) is 5.73 Å². The second-order valence-corrected chi connectivity index (χ2v) is 3.32. The highest BCUT2D eigenvalue weighted by molar-refractivity contribution is 5.88. The zero-order chi connectivity index (χ0) is 10.6. The maximum atomic E-state index is 10.8. The molecule has 0 radical (unpaired) electrons. The summed E-state index contributed by atoms with van der Waals surface area (Å²) in [5.74, 6) is -0.0628. The lowest BCUT2D eigenvalue weighted by Crippen LogP contribution is -2.10. The zero-order valence-electron chi connectivity index (χ0n) is 8.58. The lowest BCUT2D eigenvalue weighted by molar-refractivity contribution is -0.114. The lowest BCUT2D eigenvalue weighted by atomic mass is 10.1. The number of nitrogens with two attached hydrogens (primary N) is 1. The van der Waals surface area contributed by atoms with E-state index in [1.165, 1.54) is 6.92 Å². The second kappa shape index (κ2) is 4.77. The summed E-state index contributed by atoms with van der Waals surface area (Å²) >= 11 is 0. The third-order valence-electron chi connectivity index (χ3n) is 2.07. The molecule has 0 fully saturated rings. The third kappa shape index (κ3) is 2.85. The van der Waals surface area contributed by atoms with Crippen molar-refractivity contribution in [3.8, 4) is 0 Å². The van der Waals surface area contributed by atoms with Gasteiger partial charge in [0.15, 0.2) is 0 Å². The topological polar surface area (TPSA) is 55.1 Å². The predicted molar refractivity (Wildman–Crippen MR) is 58.0 cm³/mol. The zero-order valence-corrected chi connectivity index (χ0v) is 8.58. The van der Waals surface area contributed by atoms with Crippen molar-refractivity contribution in [2.45, 2.75) is 26.3 Å². The highest BCUT2D eigenvalue weighted by atomic mass is 16.1. The van der Waals surface area contributed by atoms with Crippen LogP contribution in [0.15, 0.2) is 24.3 Å². The Morgan fingerprint density at radius 1 is 1.57 bits per heavy atom. The van der Waals surface area contributed by atoms with E-state index < -0.39 is 0 Å². The number of benzene rings is 1. The van der Waals surface area contributed by atoms with Crippen LogP contribution in [0.3, 0.4) is 0 Å². The van der Waals surface area contributed by atoms with Crippen molar-refractivity contribution >= 4 is 11.6 Å². The molecular weight excluding hydrogens is 176 g/mol. The Morgan fingerprint density at radius 3 is 2.86 bits per heavy atom. The standard InChI is InChI=1S/C11H16N2O/c1-3-11(12)9-5-4-6-10(7-9)13-8(2)14/h4-7,11H,3,12H2,1-2H3,(H,13,14)/t11-/m0/s1. The molecule has 0 heterocycles. The van der Waals surface area contributed by atoms with Crippen molar-refractivity contribution in [3.05, 3.63) is 29.8 Å². The van der Waals surface area contributed by atoms with Gasteiger partial charge in [0.25, 0.3) is 0 Å². The van der Waals surface area contributed by atoms with E-state index in [1.807, 2.05) is 31.2 Å². The first kappa shape index (κ1) is 10.7. The summed E-state index contributed by atoms with van der Waals surface area (Å²) in [6.07, 6.45) is 0.892. The van der Waals surface area contributed by atoms with Crippen LogP contribution in [-0.4, -0.2) is 5.91 Å². The average molecular weight is 192 g/mol. The molecule has 1 amide bonds. The molecule has 14 heavy (non-hydrogen) atoms. The summed E-state index contributed by atoms with van der Waals surface area (Å²) in [7, 11) is 0. The number of hydrogen-bond donors (Lipinski definition) is 2. The van der Waals surface area contributed by atoms with Crippen molar-refractivity contribution < 1.29 is 4.79 Å². The number of nitrogens with one attached hydrogen (secondary N) is 1. The summed E-state index contributed by atoms with van der Waals surface area (Å²) in [5, 5.41) is 2.73. The van der Waals surface area contributed by atoms with Crippen LogP contribution < -0.4 is 11.1 Å². The Kier molecular flexibility index (Phi) is 3.65. The number of amides is 1. The molecule has 0 saturated carbocycles. The number of rotatable bonds is 3. The smallest absolute Gasteiger partial charge is 0.221 e. The molecule has 3 heteroatoms. The van der Waals surface area contributed by atoms with E-state index in [4.69, 9.17) is 5.73 Å². The van der Waals surface area contributed by atoms with E-state index in [-0.39, 0.29) is 11.9 Å². The highest BCUT2D eigenvalue weighted by Crippen LogP contribution is 2.17. The first-order chi connectivity index (χ1) is 6.63. The molecule has 0 saturated heterocycles. The molecule has 0 spiro atoms. The molecular formula is C11H16N2O. The summed E-state index contributed by atoms with van der Waals surface area (Å²) in [4.78, 5) is 10.8. The fourth-order valence-corrected chi connectivity index (χ4v) is 1.29. The molecule has 0 aliphatic carbocycles. The Balaban J connectivity index is 2.83.